The first-order valence-electron chi connectivity index (χ1n) is 6.56. The zero-order valence-electron chi connectivity index (χ0n) is 10.9. The summed E-state index contributed by atoms with van der Waals surface area (Å²) in [5.74, 6) is 0. The van der Waals surface area contributed by atoms with Gasteiger partial charge in [0.05, 0.1) is 6.10 Å². The van der Waals surface area contributed by atoms with Crippen molar-refractivity contribution in [3.63, 3.8) is 0 Å². The van der Waals surface area contributed by atoms with Crippen molar-refractivity contribution in [1.29, 1.82) is 0 Å². The molecule has 1 aliphatic rings. The highest BCUT2D eigenvalue weighted by Crippen LogP contribution is 2.21. The van der Waals surface area contributed by atoms with E-state index in [1.54, 1.807) is 0 Å². The summed E-state index contributed by atoms with van der Waals surface area (Å²) in [5, 5.41) is 17.2. The molecule has 0 aromatic heterocycles. The Balaban J connectivity index is 1.85. The number of thiocarbonyl (C=S) groups is 1. The molecule has 3 nitrogen and oxygen atoms in total. The molecule has 1 saturated carbocycles. The van der Waals surface area contributed by atoms with E-state index in [2.05, 4.69) is 10.6 Å². The average Bonchev–Trinajstić information content (AvgIpc) is 2.37. The van der Waals surface area contributed by atoms with Crippen LogP contribution in [0.3, 0.4) is 0 Å². The fourth-order valence-electron chi connectivity index (χ4n) is 2.24. The van der Waals surface area contributed by atoms with E-state index in [1.807, 2.05) is 25.1 Å². The number of benzene rings is 1. The Bertz CT molecular complexity index is 459. The van der Waals surface area contributed by atoms with Gasteiger partial charge in [-0.2, -0.15) is 0 Å². The predicted molar refractivity (Wildman–Crippen MR) is 83.8 cm³/mol. The van der Waals surface area contributed by atoms with Gasteiger partial charge >= 0.3 is 0 Å². The van der Waals surface area contributed by atoms with Gasteiger partial charge < -0.3 is 15.7 Å². The molecule has 19 heavy (non-hydrogen) atoms. The SMILES string of the molecule is Cc1ccc(NC(=S)NC2CCC(O)CC2)cc1Cl. The van der Waals surface area contributed by atoms with Crippen LogP contribution in [-0.2, 0) is 0 Å². The highest BCUT2D eigenvalue weighted by atomic mass is 35.5. The molecule has 0 amide bonds. The third-order valence-corrected chi connectivity index (χ3v) is 4.09. The van der Waals surface area contributed by atoms with Crippen molar-refractivity contribution in [3.05, 3.63) is 28.8 Å². The minimum Gasteiger partial charge on any atom is -0.393 e. The van der Waals surface area contributed by atoms with Crippen LogP contribution in [0.1, 0.15) is 31.2 Å². The van der Waals surface area contributed by atoms with Crippen molar-refractivity contribution in [2.24, 2.45) is 0 Å². The van der Waals surface area contributed by atoms with Gasteiger partial charge in [-0.15, -0.1) is 0 Å². The third kappa shape index (κ3) is 4.34. The van der Waals surface area contributed by atoms with E-state index in [1.165, 1.54) is 0 Å². The molecular weight excluding hydrogens is 280 g/mol. The fourth-order valence-corrected chi connectivity index (χ4v) is 2.71. The average molecular weight is 299 g/mol. The molecule has 2 rings (SSSR count). The maximum absolute atomic E-state index is 9.46. The fraction of sp³-hybridized carbons (Fsp3) is 0.500. The molecule has 5 heteroatoms. The molecule has 0 bridgehead atoms. The number of aryl methyl sites for hydroxylation is 1. The smallest absolute Gasteiger partial charge is 0.170 e. The molecule has 3 N–H and O–H groups in total. The van der Waals surface area contributed by atoms with Gasteiger partial charge in [0.25, 0.3) is 0 Å². The van der Waals surface area contributed by atoms with Crippen LogP contribution >= 0.6 is 23.8 Å². The molecule has 0 atom stereocenters. The quantitative estimate of drug-likeness (QED) is 0.734. The Morgan fingerprint density at radius 2 is 2.00 bits per heavy atom. The monoisotopic (exact) mass is 298 g/mol. The topological polar surface area (TPSA) is 44.3 Å². The first kappa shape index (κ1) is 14.6. The second kappa shape index (κ2) is 6.55. The minimum atomic E-state index is -0.143. The second-order valence-corrected chi connectivity index (χ2v) is 5.88. The van der Waals surface area contributed by atoms with Crippen LogP contribution in [0.5, 0.6) is 0 Å². The first-order valence-corrected chi connectivity index (χ1v) is 7.35. The number of nitrogens with one attached hydrogen (secondary N) is 2. The molecule has 1 aliphatic carbocycles. The van der Waals surface area contributed by atoms with Gasteiger partial charge in [0.2, 0.25) is 0 Å². The summed E-state index contributed by atoms with van der Waals surface area (Å²) in [4.78, 5) is 0. The van der Waals surface area contributed by atoms with Gasteiger partial charge in [-0.3, -0.25) is 0 Å². The highest BCUT2D eigenvalue weighted by Gasteiger charge is 2.19. The molecule has 1 aromatic carbocycles. The lowest BCUT2D eigenvalue weighted by Crippen LogP contribution is -2.40. The van der Waals surface area contributed by atoms with Crippen LogP contribution in [0.4, 0.5) is 5.69 Å². The molecule has 0 saturated heterocycles. The molecule has 0 spiro atoms. The van der Waals surface area contributed by atoms with Gasteiger partial charge in [-0.25, -0.2) is 0 Å². The largest absolute Gasteiger partial charge is 0.393 e. The van der Waals surface area contributed by atoms with Crippen molar-refractivity contribution in [2.45, 2.75) is 44.8 Å². The van der Waals surface area contributed by atoms with Gasteiger partial charge in [0, 0.05) is 16.8 Å². The second-order valence-electron chi connectivity index (χ2n) is 5.07. The van der Waals surface area contributed by atoms with Crippen LogP contribution in [0.2, 0.25) is 5.02 Å². The number of rotatable bonds is 2. The van der Waals surface area contributed by atoms with E-state index >= 15 is 0 Å². The van der Waals surface area contributed by atoms with E-state index in [0.717, 1.165) is 42.0 Å². The third-order valence-electron chi connectivity index (χ3n) is 3.46. The maximum Gasteiger partial charge on any atom is 0.170 e. The van der Waals surface area contributed by atoms with Crippen molar-refractivity contribution in [2.75, 3.05) is 5.32 Å². The summed E-state index contributed by atoms with van der Waals surface area (Å²) in [6.45, 7) is 1.97. The predicted octanol–water partition coefficient (Wildman–Crippen LogP) is 3.24. The lowest BCUT2D eigenvalue weighted by atomic mass is 9.93. The van der Waals surface area contributed by atoms with Gasteiger partial charge in [-0.1, -0.05) is 17.7 Å². The number of hydrogen-bond donors (Lipinski definition) is 3. The highest BCUT2D eigenvalue weighted by molar-refractivity contribution is 7.80. The van der Waals surface area contributed by atoms with Crippen LogP contribution in [0.25, 0.3) is 0 Å². The molecule has 1 fully saturated rings. The zero-order valence-corrected chi connectivity index (χ0v) is 12.5. The van der Waals surface area contributed by atoms with E-state index in [-0.39, 0.29) is 6.10 Å². The summed E-state index contributed by atoms with van der Waals surface area (Å²) in [7, 11) is 0. The Kier molecular flexibility index (Phi) is 5.02. The number of hydrogen-bond acceptors (Lipinski definition) is 2. The molecule has 1 aromatic rings. The van der Waals surface area contributed by atoms with E-state index < -0.39 is 0 Å². The van der Waals surface area contributed by atoms with E-state index in [4.69, 9.17) is 23.8 Å². The summed E-state index contributed by atoms with van der Waals surface area (Å²) in [6.07, 6.45) is 3.46. The molecule has 104 valence electrons. The lowest BCUT2D eigenvalue weighted by Gasteiger charge is -2.27. The first-order chi connectivity index (χ1) is 9.04. The van der Waals surface area contributed by atoms with Crippen LogP contribution in [0.15, 0.2) is 18.2 Å². The Morgan fingerprint density at radius 3 is 2.63 bits per heavy atom. The van der Waals surface area contributed by atoms with Gasteiger partial charge in [-0.05, 0) is 62.5 Å². The summed E-state index contributed by atoms with van der Waals surface area (Å²) in [6, 6.07) is 6.14. The summed E-state index contributed by atoms with van der Waals surface area (Å²) >= 11 is 11.4. The standard InChI is InChI=1S/C14H19ClN2OS/c1-9-2-3-11(8-13(9)15)17-14(19)16-10-4-6-12(18)7-5-10/h2-3,8,10,12,18H,4-7H2,1H3,(H2,16,17,19). The summed E-state index contributed by atoms with van der Waals surface area (Å²) in [5.41, 5.74) is 1.94. The number of anilines is 1. The minimum absolute atomic E-state index is 0.143. The summed E-state index contributed by atoms with van der Waals surface area (Å²) < 4.78 is 0. The molecule has 0 radical (unpaired) electrons. The number of aliphatic hydroxyl groups is 1. The lowest BCUT2D eigenvalue weighted by molar-refractivity contribution is 0.120. The maximum atomic E-state index is 9.46. The number of aliphatic hydroxyl groups excluding tert-OH is 1. The van der Waals surface area contributed by atoms with E-state index in [0.29, 0.717) is 11.2 Å². The van der Waals surface area contributed by atoms with Crippen molar-refractivity contribution < 1.29 is 5.11 Å². The van der Waals surface area contributed by atoms with Gasteiger partial charge in [0.15, 0.2) is 5.11 Å². The van der Waals surface area contributed by atoms with Crippen LogP contribution < -0.4 is 10.6 Å². The van der Waals surface area contributed by atoms with Crippen molar-refractivity contribution >= 4 is 34.6 Å². The van der Waals surface area contributed by atoms with Gasteiger partial charge in [0.1, 0.15) is 0 Å². The Labute approximate surface area is 124 Å². The van der Waals surface area contributed by atoms with Crippen LogP contribution in [-0.4, -0.2) is 22.4 Å². The van der Waals surface area contributed by atoms with Crippen molar-refractivity contribution in [1.82, 2.24) is 5.32 Å². The van der Waals surface area contributed by atoms with E-state index in [9.17, 15) is 5.11 Å². The molecular formula is C14H19ClN2OS. The van der Waals surface area contributed by atoms with Crippen molar-refractivity contribution in [3.8, 4) is 0 Å². The normalized spacial score (nSPS) is 22.9. The van der Waals surface area contributed by atoms with Crippen LogP contribution in [0, 0.1) is 6.92 Å². The zero-order chi connectivity index (χ0) is 13.8. The molecule has 0 heterocycles. The molecule has 0 aliphatic heterocycles. The Hall–Kier alpha value is -0.840. The molecule has 0 unspecified atom stereocenters. The number of halogens is 1. The Morgan fingerprint density at radius 1 is 1.32 bits per heavy atom.